The van der Waals surface area contributed by atoms with Gasteiger partial charge in [0, 0.05) is 24.8 Å². The molecule has 2 unspecified atom stereocenters. The zero-order valence-corrected chi connectivity index (χ0v) is 9.45. The van der Waals surface area contributed by atoms with Crippen molar-refractivity contribution < 1.29 is 4.74 Å². The first kappa shape index (κ1) is 10.1. The Balaban J connectivity index is 1.98. The summed E-state index contributed by atoms with van der Waals surface area (Å²) >= 11 is 0. The Morgan fingerprint density at radius 2 is 2.38 bits per heavy atom. The van der Waals surface area contributed by atoms with E-state index in [0.717, 1.165) is 37.3 Å². The van der Waals surface area contributed by atoms with Gasteiger partial charge in [0.05, 0.1) is 18.3 Å². The van der Waals surface area contributed by atoms with Gasteiger partial charge in [0.2, 0.25) is 0 Å². The summed E-state index contributed by atoms with van der Waals surface area (Å²) in [6, 6.07) is 0.595. The maximum absolute atomic E-state index is 12.2. The number of ether oxygens (including phenoxy) is 1. The van der Waals surface area contributed by atoms with E-state index in [4.69, 9.17) is 4.74 Å². The third-order valence-electron chi connectivity index (χ3n) is 3.51. The van der Waals surface area contributed by atoms with Crippen LogP contribution in [0.3, 0.4) is 0 Å². The van der Waals surface area contributed by atoms with E-state index >= 15 is 0 Å². The molecule has 0 aromatic carbocycles. The summed E-state index contributed by atoms with van der Waals surface area (Å²) in [6.07, 6.45) is 1.76. The van der Waals surface area contributed by atoms with Gasteiger partial charge in [-0.15, -0.1) is 0 Å². The van der Waals surface area contributed by atoms with Crippen LogP contribution in [-0.4, -0.2) is 29.0 Å². The largest absolute Gasteiger partial charge is 0.379 e. The molecule has 0 bridgehead atoms. The standard InChI is InChI=1S/C11H17N3O2/c1-7-4-9-10(5-12-7)13-14(11(9)15)8-2-3-16-6-8/h7-8,12-13H,2-6H2,1H3. The summed E-state index contributed by atoms with van der Waals surface area (Å²) in [5, 5.41) is 6.58. The second-order valence-corrected chi connectivity index (χ2v) is 4.75. The van der Waals surface area contributed by atoms with E-state index in [1.165, 1.54) is 0 Å². The summed E-state index contributed by atoms with van der Waals surface area (Å²) in [4.78, 5) is 12.2. The van der Waals surface area contributed by atoms with Crippen LogP contribution in [0.4, 0.5) is 0 Å². The lowest BCUT2D eigenvalue weighted by atomic mass is 10.0. The summed E-state index contributed by atoms with van der Waals surface area (Å²) < 4.78 is 7.09. The Hall–Kier alpha value is -1.07. The molecular weight excluding hydrogens is 206 g/mol. The van der Waals surface area contributed by atoms with Crippen LogP contribution in [0.15, 0.2) is 4.79 Å². The van der Waals surface area contributed by atoms with Crippen LogP contribution in [0.1, 0.15) is 30.6 Å². The van der Waals surface area contributed by atoms with Gasteiger partial charge in [-0.3, -0.25) is 9.89 Å². The van der Waals surface area contributed by atoms with Crippen molar-refractivity contribution in [3.63, 3.8) is 0 Å². The van der Waals surface area contributed by atoms with Crippen molar-refractivity contribution in [3.05, 3.63) is 21.6 Å². The van der Waals surface area contributed by atoms with Crippen LogP contribution < -0.4 is 10.9 Å². The van der Waals surface area contributed by atoms with E-state index in [0.29, 0.717) is 12.6 Å². The van der Waals surface area contributed by atoms with Gasteiger partial charge in [-0.05, 0) is 19.8 Å². The zero-order chi connectivity index (χ0) is 11.1. The van der Waals surface area contributed by atoms with E-state index in [1.54, 1.807) is 4.68 Å². The summed E-state index contributed by atoms with van der Waals surface area (Å²) in [5.41, 5.74) is 2.16. The topological polar surface area (TPSA) is 59.0 Å². The summed E-state index contributed by atoms with van der Waals surface area (Å²) in [6.45, 7) is 4.29. The normalized spacial score (nSPS) is 29.3. The predicted octanol–water partition coefficient (Wildman–Crippen LogP) is 0.172. The number of aromatic amines is 1. The molecule has 1 saturated heterocycles. The van der Waals surface area contributed by atoms with Crippen molar-refractivity contribution >= 4 is 0 Å². The molecule has 2 aliphatic heterocycles. The Morgan fingerprint density at radius 1 is 1.50 bits per heavy atom. The van der Waals surface area contributed by atoms with E-state index in [-0.39, 0.29) is 11.6 Å². The molecule has 0 saturated carbocycles. The van der Waals surface area contributed by atoms with Gasteiger partial charge in [0.25, 0.3) is 5.56 Å². The highest BCUT2D eigenvalue weighted by Gasteiger charge is 2.26. The molecule has 0 radical (unpaired) electrons. The van der Waals surface area contributed by atoms with E-state index in [2.05, 4.69) is 17.3 Å². The fourth-order valence-corrected chi connectivity index (χ4v) is 2.53. The lowest BCUT2D eigenvalue weighted by Gasteiger charge is -2.18. The quantitative estimate of drug-likeness (QED) is 0.713. The van der Waals surface area contributed by atoms with Crippen LogP contribution in [-0.2, 0) is 17.7 Å². The highest BCUT2D eigenvalue weighted by Crippen LogP contribution is 2.19. The number of hydrogen-bond acceptors (Lipinski definition) is 3. The van der Waals surface area contributed by atoms with Crippen molar-refractivity contribution in [2.24, 2.45) is 0 Å². The van der Waals surface area contributed by atoms with Crippen LogP contribution in [0, 0.1) is 0 Å². The van der Waals surface area contributed by atoms with Crippen LogP contribution in [0.25, 0.3) is 0 Å². The van der Waals surface area contributed by atoms with Crippen molar-refractivity contribution in [1.29, 1.82) is 0 Å². The van der Waals surface area contributed by atoms with Gasteiger partial charge in [-0.2, -0.15) is 0 Å². The number of aromatic nitrogens is 2. The minimum Gasteiger partial charge on any atom is -0.379 e. The number of fused-ring (bicyclic) bond motifs is 1. The van der Waals surface area contributed by atoms with Crippen molar-refractivity contribution in [1.82, 2.24) is 15.1 Å². The zero-order valence-electron chi connectivity index (χ0n) is 9.45. The maximum atomic E-state index is 12.2. The van der Waals surface area contributed by atoms with Gasteiger partial charge in [-0.25, -0.2) is 4.68 Å². The SMILES string of the molecule is CC1Cc2c([nH]n(C3CCOC3)c2=O)CN1. The Labute approximate surface area is 93.8 Å². The highest BCUT2D eigenvalue weighted by atomic mass is 16.5. The predicted molar refractivity (Wildman–Crippen MR) is 59.5 cm³/mol. The molecule has 1 aromatic heterocycles. The average molecular weight is 223 g/mol. The summed E-state index contributed by atoms with van der Waals surface area (Å²) in [5.74, 6) is 0. The lowest BCUT2D eigenvalue weighted by Crippen LogP contribution is -2.34. The molecule has 3 rings (SSSR count). The molecule has 2 N–H and O–H groups in total. The van der Waals surface area contributed by atoms with Crippen molar-refractivity contribution in [2.45, 2.75) is 38.4 Å². The van der Waals surface area contributed by atoms with Gasteiger partial charge in [-0.1, -0.05) is 0 Å². The number of H-pyrrole nitrogens is 1. The molecule has 5 nitrogen and oxygen atoms in total. The number of hydrogen-bond donors (Lipinski definition) is 2. The Bertz CT molecular complexity index is 443. The third-order valence-corrected chi connectivity index (χ3v) is 3.51. The van der Waals surface area contributed by atoms with Gasteiger partial charge in [0.1, 0.15) is 0 Å². The molecule has 3 heterocycles. The first-order chi connectivity index (χ1) is 7.75. The molecule has 2 aliphatic rings. The maximum Gasteiger partial charge on any atom is 0.270 e. The monoisotopic (exact) mass is 223 g/mol. The van der Waals surface area contributed by atoms with Crippen LogP contribution >= 0.6 is 0 Å². The second-order valence-electron chi connectivity index (χ2n) is 4.75. The first-order valence-electron chi connectivity index (χ1n) is 5.89. The first-order valence-corrected chi connectivity index (χ1v) is 5.89. The number of rotatable bonds is 1. The fraction of sp³-hybridized carbons (Fsp3) is 0.727. The average Bonchev–Trinajstić information content (AvgIpc) is 2.87. The molecule has 5 heteroatoms. The van der Waals surface area contributed by atoms with Crippen LogP contribution in [0.2, 0.25) is 0 Å². The molecule has 1 aromatic rings. The van der Waals surface area contributed by atoms with E-state index in [1.807, 2.05) is 0 Å². The Morgan fingerprint density at radius 3 is 3.12 bits per heavy atom. The van der Waals surface area contributed by atoms with Crippen LogP contribution in [0.5, 0.6) is 0 Å². The number of nitrogens with zero attached hydrogens (tertiary/aromatic N) is 1. The number of nitrogens with one attached hydrogen (secondary N) is 2. The molecule has 16 heavy (non-hydrogen) atoms. The minimum absolute atomic E-state index is 0.152. The molecule has 0 spiro atoms. The Kier molecular flexibility index (Phi) is 2.37. The minimum atomic E-state index is 0.152. The molecule has 0 amide bonds. The lowest BCUT2D eigenvalue weighted by molar-refractivity contribution is 0.184. The third kappa shape index (κ3) is 1.51. The van der Waals surface area contributed by atoms with E-state index < -0.39 is 0 Å². The molecule has 0 aliphatic carbocycles. The highest BCUT2D eigenvalue weighted by molar-refractivity contribution is 5.21. The van der Waals surface area contributed by atoms with Gasteiger partial charge < -0.3 is 10.1 Å². The molecule has 2 atom stereocenters. The van der Waals surface area contributed by atoms with Crippen molar-refractivity contribution in [3.8, 4) is 0 Å². The van der Waals surface area contributed by atoms with Gasteiger partial charge in [0.15, 0.2) is 0 Å². The van der Waals surface area contributed by atoms with E-state index in [9.17, 15) is 4.79 Å². The molecular formula is C11H17N3O2. The van der Waals surface area contributed by atoms with Crippen molar-refractivity contribution in [2.75, 3.05) is 13.2 Å². The van der Waals surface area contributed by atoms with Gasteiger partial charge >= 0.3 is 0 Å². The second kappa shape index (κ2) is 3.75. The smallest absolute Gasteiger partial charge is 0.270 e. The molecule has 88 valence electrons. The molecule has 1 fully saturated rings. The fourth-order valence-electron chi connectivity index (χ4n) is 2.53. The summed E-state index contributed by atoms with van der Waals surface area (Å²) in [7, 11) is 0.